The van der Waals surface area contributed by atoms with Gasteiger partial charge in [-0.2, -0.15) is 0 Å². The molecule has 1 fully saturated rings. The van der Waals surface area contributed by atoms with E-state index in [2.05, 4.69) is 0 Å². The van der Waals surface area contributed by atoms with Gasteiger partial charge >= 0.3 is 0 Å². The summed E-state index contributed by atoms with van der Waals surface area (Å²) < 4.78 is 35.0. The monoisotopic (exact) mass is 432 g/mol. The molecular formula is C22H28N2O5S. The number of amides is 1. The molecule has 1 heterocycles. The largest absolute Gasteiger partial charge is 0.493 e. The highest BCUT2D eigenvalue weighted by Gasteiger charge is 2.34. The predicted molar refractivity (Wildman–Crippen MR) is 117 cm³/mol. The van der Waals surface area contributed by atoms with Crippen LogP contribution in [0.15, 0.2) is 48.5 Å². The van der Waals surface area contributed by atoms with E-state index in [1.165, 1.54) is 7.11 Å². The maximum absolute atomic E-state index is 13.1. The number of carbonyl (C=O) groups is 1. The molecule has 1 amide bonds. The molecule has 0 N–H and O–H groups in total. The van der Waals surface area contributed by atoms with Crippen LogP contribution >= 0.6 is 0 Å². The van der Waals surface area contributed by atoms with Crippen molar-refractivity contribution in [3.8, 4) is 11.5 Å². The van der Waals surface area contributed by atoms with Crippen molar-refractivity contribution < 1.29 is 22.7 Å². The summed E-state index contributed by atoms with van der Waals surface area (Å²) in [6.07, 6.45) is 0.443. The first-order chi connectivity index (χ1) is 14.3. The van der Waals surface area contributed by atoms with Crippen LogP contribution in [0.4, 0.5) is 5.69 Å². The van der Waals surface area contributed by atoms with Gasteiger partial charge in [-0.15, -0.1) is 0 Å². The van der Waals surface area contributed by atoms with Crippen molar-refractivity contribution in [2.24, 2.45) is 0 Å². The average molecular weight is 433 g/mol. The fraction of sp³-hybridized carbons (Fsp3) is 0.409. The second-order valence-electron chi connectivity index (χ2n) is 7.58. The van der Waals surface area contributed by atoms with E-state index < -0.39 is 9.84 Å². The second kappa shape index (κ2) is 9.38. The zero-order valence-electron chi connectivity index (χ0n) is 17.6. The Morgan fingerprint density at radius 1 is 1.07 bits per heavy atom. The van der Waals surface area contributed by atoms with Crippen LogP contribution in [0.2, 0.25) is 0 Å². The topological polar surface area (TPSA) is 76.2 Å². The summed E-state index contributed by atoms with van der Waals surface area (Å²) in [5, 5.41) is 0. The van der Waals surface area contributed by atoms with E-state index in [1.54, 1.807) is 23.1 Å². The van der Waals surface area contributed by atoms with Gasteiger partial charge in [-0.3, -0.25) is 4.79 Å². The summed E-state index contributed by atoms with van der Waals surface area (Å²) in [7, 11) is 2.34. The number of carbonyl (C=O) groups excluding carboxylic acids is 1. The number of para-hydroxylation sites is 2. The Hall–Kier alpha value is -2.74. The third-order valence-corrected chi connectivity index (χ3v) is 6.95. The number of ether oxygens (including phenoxy) is 2. The van der Waals surface area contributed by atoms with Crippen LogP contribution in [0.25, 0.3) is 0 Å². The average Bonchev–Trinajstić information content (AvgIpc) is 3.10. The minimum absolute atomic E-state index is 0.0107. The van der Waals surface area contributed by atoms with Gasteiger partial charge in [-0.05, 0) is 36.2 Å². The van der Waals surface area contributed by atoms with Gasteiger partial charge in [-0.25, -0.2) is 8.42 Å². The van der Waals surface area contributed by atoms with Crippen LogP contribution in [0.5, 0.6) is 11.5 Å². The van der Waals surface area contributed by atoms with Crippen LogP contribution < -0.4 is 14.4 Å². The van der Waals surface area contributed by atoms with E-state index in [-0.39, 0.29) is 30.1 Å². The standard InChI is InChI=1S/C22H28N2O5S/c1-23(2)18-10-8-17(9-11-18)14-24(19-12-13-30(26,27)16-19)22(25)15-29-21-7-5-4-6-20(21)28-3/h4-11,19H,12-16H2,1-3H3/t19-/m0/s1. The molecule has 0 radical (unpaired) electrons. The molecule has 0 aromatic heterocycles. The lowest BCUT2D eigenvalue weighted by atomic mass is 10.1. The summed E-state index contributed by atoms with van der Waals surface area (Å²) in [6, 6.07) is 14.6. The zero-order chi connectivity index (χ0) is 21.7. The molecule has 0 aliphatic carbocycles. The molecule has 2 aromatic rings. The number of hydrogen-bond acceptors (Lipinski definition) is 6. The molecule has 1 saturated heterocycles. The summed E-state index contributed by atoms with van der Waals surface area (Å²) >= 11 is 0. The number of sulfone groups is 1. The molecule has 1 aliphatic rings. The molecule has 0 bridgehead atoms. The fourth-order valence-electron chi connectivity index (χ4n) is 3.50. The molecule has 8 heteroatoms. The van der Waals surface area contributed by atoms with E-state index in [1.807, 2.05) is 49.3 Å². The first-order valence-corrected chi connectivity index (χ1v) is 11.6. The Morgan fingerprint density at radius 2 is 1.73 bits per heavy atom. The maximum Gasteiger partial charge on any atom is 0.261 e. The number of rotatable bonds is 8. The Balaban J connectivity index is 1.75. The van der Waals surface area contributed by atoms with Crippen molar-refractivity contribution in [3.63, 3.8) is 0 Å². The van der Waals surface area contributed by atoms with Crippen LogP contribution in [-0.2, 0) is 21.2 Å². The van der Waals surface area contributed by atoms with Gasteiger partial charge in [0, 0.05) is 32.4 Å². The van der Waals surface area contributed by atoms with Crippen LogP contribution in [-0.4, -0.2) is 64.6 Å². The molecule has 30 heavy (non-hydrogen) atoms. The number of benzene rings is 2. The quantitative estimate of drug-likeness (QED) is 0.637. The van der Waals surface area contributed by atoms with Gasteiger partial charge < -0.3 is 19.3 Å². The molecular weight excluding hydrogens is 404 g/mol. The maximum atomic E-state index is 13.1. The van der Waals surface area contributed by atoms with Gasteiger partial charge in [0.25, 0.3) is 5.91 Å². The summed E-state index contributed by atoms with van der Waals surface area (Å²) in [4.78, 5) is 16.7. The predicted octanol–water partition coefficient (Wildman–Crippen LogP) is 2.36. The van der Waals surface area contributed by atoms with Crippen LogP contribution in [0, 0.1) is 0 Å². The van der Waals surface area contributed by atoms with E-state index >= 15 is 0 Å². The highest BCUT2D eigenvalue weighted by molar-refractivity contribution is 7.91. The van der Waals surface area contributed by atoms with Crippen molar-refractivity contribution in [1.82, 2.24) is 4.90 Å². The SMILES string of the molecule is COc1ccccc1OCC(=O)N(Cc1ccc(N(C)C)cc1)[C@H]1CCS(=O)(=O)C1. The molecule has 7 nitrogen and oxygen atoms in total. The van der Waals surface area contributed by atoms with Gasteiger partial charge in [0.05, 0.1) is 18.6 Å². The normalized spacial score (nSPS) is 17.4. The molecule has 2 aromatic carbocycles. The zero-order valence-corrected chi connectivity index (χ0v) is 18.4. The van der Waals surface area contributed by atoms with E-state index in [0.29, 0.717) is 24.5 Å². The van der Waals surface area contributed by atoms with Crippen molar-refractivity contribution in [2.45, 2.75) is 19.0 Å². The van der Waals surface area contributed by atoms with Crippen LogP contribution in [0.1, 0.15) is 12.0 Å². The molecule has 1 atom stereocenters. The highest BCUT2D eigenvalue weighted by atomic mass is 32.2. The summed E-state index contributed by atoms with van der Waals surface area (Å²) in [5.74, 6) is 0.860. The fourth-order valence-corrected chi connectivity index (χ4v) is 5.23. The Morgan fingerprint density at radius 3 is 2.30 bits per heavy atom. The lowest BCUT2D eigenvalue weighted by molar-refractivity contribution is -0.136. The molecule has 0 saturated carbocycles. The number of hydrogen-bond donors (Lipinski definition) is 0. The van der Waals surface area contributed by atoms with E-state index in [9.17, 15) is 13.2 Å². The third-order valence-electron chi connectivity index (χ3n) is 5.20. The third kappa shape index (κ3) is 5.44. The second-order valence-corrected chi connectivity index (χ2v) is 9.81. The van der Waals surface area contributed by atoms with Crippen molar-refractivity contribution in [2.75, 3.05) is 44.2 Å². The smallest absolute Gasteiger partial charge is 0.261 e. The molecule has 0 spiro atoms. The first-order valence-electron chi connectivity index (χ1n) is 9.81. The van der Waals surface area contributed by atoms with Gasteiger partial charge in [0.1, 0.15) is 0 Å². The highest BCUT2D eigenvalue weighted by Crippen LogP contribution is 2.26. The Kier molecular flexibility index (Phi) is 6.87. The molecule has 3 rings (SSSR count). The van der Waals surface area contributed by atoms with Crippen molar-refractivity contribution in [1.29, 1.82) is 0 Å². The lowest BCUT2D eigenvalue weighted by Gasteiger charge is -2.28. The Labute approximate surface area is 178 Å². The van der Waals surface area contributed by atoms with Gasteiger partial charge in [0.15, 0.2) is 27.9 Å². The minimum atomic E-state index is -3.12. The van der Waals surface area contributed by atoms with Crippen molar-refractivity contribution >= 4 is 21.4 Å². The van der Waals surface area contributed by atoms with E-state index in [4.69, 9.17) is 9.47 Å². The summed E-state index contributed by atoms with van der Waals surface area (Å²) in [6.45, 7) is 0.148. The van der Waals surface area contributed by atoms with E-state index in [0.717, 1.165) is 11.3 Å². The minimum Gasteiger partial charge on any atom is -0.493 e. The number of anilines is 1. The molecule has 0 unspecified atom stereocenters. The Bertz CT molecular complexity index is 973. The summed E-state index contributed by atoms with van der Waals surface area (Å²) in [5.41, 5.74) is 2.00. The molecule has 1 aliphatic heterocycles. The van der Waals surface area contributed by atoms with Crippen LogP contribution in [0.3, 0.4) is 0 Å². The van der Waals surface area contributed by atoms with Crippen molar-refractivity contribution in [3.05, 3.63) is 54.1 Å². The first kappa shape index (κ1) is 22.0. The lowest BCUT2D eigenvalue weighted by Crippen LogP contribution is -2.43. The van der Waals surface area contributed by atoms with Gasteiger partial charge in [-0.1, -0.05) is 24.3 Å². The number of methoxy groups -OCH3 is 1. The van der Waals surface area contributed by atoms with Gasteiger partial charge in [0.2, 0.25) is 0 Å². The number of nitrogens with zero attached hydrogens (tertiary/aromatic N) is 2. The molecule has 162 valence electrons.